The highest BCUT2D eigenvalue weighted by Gasteiger charge is 2.03. The van der Waals surface area contributed by atoms with Crippen molar-refractivity contribution < 1.29 is 5.11 Å². The van der Waals surface area contributed by atoms with E-state index < -0.39 is 0 Å². The first-order valence-corrected chi connectivity index (χ1v) is 3.73. The van der Waals surface area contributed by atoms with Crippen molar-refractivity contribution in [3.63, 3.8) is 0 Å². The molecule has 0 aliphatic carbocycles. The number of benzene rings is 1. The highest BCUT2D eigenvalue weighted by Crippen LogP contribution is 2.25. The van der Waals surface area contributed by atoms with Gasteiger partial charge in [-0.1, -0.05) is 12.1 Å². The number of hydrogen-bond acceptors (Lipinski definition) is 1. The van der Waals surface area contributed by atoms with Crippen LogP contribution in [0.4, 0.5) is 5.69 Å². The van der Waals surface area contributed by atoms with Gasteiger partial charge in [0.15, 0.2) is 0 Å². The van der Waals surface area contributed by atoms with Gasteiger partial charge in [0.25, 0.3) is 0 Å². The van der Waals surface area contributed by atoms with E-state index in [1.54, 1.807) is 12.1 Å². The fourth-order valence-corrected chi connectivity index (χ4v) is 0.943. The third-order valence-electron chi connectivity index (χ3n) is 1.75. The van der Waals surface area contributed by atoms with Crippen LogP contribution in [0.2, 0.25) is 0 Å². The number of nitrogens with zero attached hydrogens (tertiary/aromatic N) is 1. The Morgan fingerprint density at radius 1 is 1.36 bits per heavy atom. The average Bonchev–Trinajstić information content (AvgIpc) is 2.04. The van der Waals surface area contributed by atoms with Crippen LogP contribution in [0.25, 0.3) is 0 Å². The largest absolute Gasteiger partial charge is 0.372 e. The molecule has 0 N–H and O–H groups in total. The molecule has 0 fully saturated rings. The zero-order valence-electron chi connectivity index (χ0n) is 6.87. The quantitative estimate of drug-likeness (QED) is 0.634. The first-order valence-electron chi connectivity index (χ1n) is 3.73. The van der Waals surface area contributed by atoms with E-state index in [9.17, 15) is 5.11 Å². The molecule has 0 unspecified atom stereocenters. The summed E-state index contributed by atoms with van der Waals surface area (Å²) in [7, 11) is 1.91. The molecular weight excluding hydrogens is 138 g/mol. The summed E-state index contributed by atoms with van der Waals surface area (Å²) in [6.45, 7) is 2.88. The topological polar surface area (TPSA) is 23.1 Å². The fraction of sp³-hybridized carbons (Fsp3) is 0.333. The van der Waals surface area contributed by atoms with Crippen molar-refractivity contribution in [3.8, 4) is 5.75 Å². The van der Waals surface area contributed by atoms with Crippen LogP contribution < -0.4 is 4.90 Å². The highest BCUT2D eigenvalue weighted by molar-refractivity contribution is 5.56. The van der Waals surface area contributed by atoms with E-state index in [2.05, 4.69) is 0 Å². The van der Waals surface area contributed by atoms with Gasteiger partial charge in [-0.25, -0.2) is 0 Å². The highest BCUT2D eigenvalue weighted by atomic mass is 16.3. The Morgan fingerprint density at radius 2 is 2.00 bits per heavy atom. The van der Waals surface area contributed by atoms with E-state index in [1.807, 2.05) is 31.0 Å². The molecule has 1 aromatic rings. The first-order chi connectivity index (χ1) is 5.25. The van der Waals surface area contributed by atoms with Gasteiger partial charge in [-0.15, -0.1) is 0 Å². The lowest BCUT2D eigenvalue weighted by molar-refractivity contribution is 0.355. The van der Waals surface area contributed by atoms with Gasteiger partial charge < -0.3 is 4.90 Å². The van der Waals surface area contributed by atoms with Gasteiger partial charge in [-0.2, -0.15) is 0 Å². The van der Waals surface area contributed by atoms with Crippen molar-refractivity contribution in [1.29, 1.82) is 0 Å². The smallest absolute Gasteiger partial charge is 0.201 e. The van der Waals surface area contributed by atoms with Crippen molar-refractivity contribution in [1.82, 2.24) is 0 Å². The Bertz CT molecular complexity index is 235. The lowest BCUT2D eigenvalue weighted by Crippen LogP contribution is -2.15. The van der Waals surface area contributed by atoms with Crippen LogP contribution in [0.1, 0.15) is 6.92 Å². The minimum absolute atomic E-state index is 0.0943. The standard InChI is InChI=1S/C9H12NO/c1-3-10(2)8-6-4-5-7-9(8)11/h4-7H,3H2,1-2H3. The number of hydrogen-bond donors (Lipinski definition) is 0. The van der Waals surface area contributed by atoms with Crippen LogP contribution in [-0.2, 0) is 5.11 Å². The molecule has 0 saturated carbocycles. The average molecular weight is 150 g/mol. The molecule has 2 nitrogen and oxygen atoms in total. The van der Waals surface area contributed by atoms with Gasteiger partial charge in [0, 0.05) is 13.6 Å². The molecule has 0 bridgehead atoms. The second-order valence-electron chi connectivity index (χ2n) is 2.48. The van der Waals surface area contributed by atoms with E-state index in [4.69, 9.17) is 0 Å². The number of rotatable bonds is 2. The summed E-state index contributed by atoms with van der Waals surface area (Å²) in [4.78, 5) is 1.93. The third-order valence-corrected chi connectivity index (χ3v) is 1.75. The second kappa shape index (κ2) is 3.28. The van der Waals surface area contributed by atoms with Crippen molar-refractivity contribution in [2.24, 2.45) is 0 Å². The van der Waals surface area contributed by atoms with Crippen molar-refractivity contribution >= 4 is 5.69 Å². The lowest BCUT2D eigenvalue weighted by Gasteiger charge is -2.16. The van der Waals surface area contributed by atoms with E-state index in [-0.39, 0.29) is 5.75 Å². The number of para-hydroxylation sites is 2. The molecule has 59 valence electrons. The van der Waals surface area contributed by atoms with Crippen LogP contribution in [0.3, 0.4) is 0 Å². The fourth-order valence-electron chi connectivity index (χ4n) is 0.943. The summed E-state index contributed by atoms with van der Waals surface area (Å²) in [5.41, 5.74) is 0.773. The van der Waals surface area contributed by atoms with E-state index in [1.165, 1.54) is 0 Å². The van der Waals surface area contributed by atoms with Crippen LogP contribution >= 0.6 is 0 Å². The lowest BCUT2D eigenvalue weighted by atomic mass is 10.3. The molecule has 11 heavy (non-hydrogen) atoms. The molecule has 0 aromatic heterocycles. The summed E-state index contributed by atoms with van der Waals surface area (Å²) in [6.07, 6.45) is 0. The summed E-state index contributed by atoms with van der Waals surface area (Å²) >= 11 is 0. The molecule has 0 aliphatic rings. The van der Waals surface area contributed by atoms with Gasteiger partial charge in [0.2, 0.25) is 5.75 Å². The Hall–Kier alpha value is -1.18. The Labute approximate surface area is 67.1 Å². The Morgan fingerprint density at radius 3 is 2.55 bits per heavy atom. The zero-order valence-corrected chi connectivity index (χ0v) is 6.87. The van der Waals surface area contributed by atoms with Gasteiger partial charge in [-0.05, 0) is 19.1 Å². The minimum atomic E-state index is 0.0943. The molecule has 0 spiro atoms. The van der Waals surface area contributed by atoms with Crippen LogP contribution in [0.15, 0.2) is 24.3 Å². The maximum absolute atomic E-state index is 11.2. The van der Waals surface area contributed by atoms with Crippen molar-refractivity contribution in [3.05, 3.63) is 24.3 Å². The molecule has 0 amide bonds. The molecule has 0 atom stereocenters. The van der Waals surface area contributed by atoms with Gasteiger partial charge in [0.1, 0.15) is 0 Å². The van der Waals surface area contributed by atoms with Gasteiger partial charge in [-0.3, -0.25) is 5.11 Å². The normalized spacial score (nSPS) is 9.64. The Balaban J connectivity index is 2.93. The molecule has 0 saturated heterocycles. The summed E-state index contributed by atoms with van der Waals surface area (Å²) in [5.74, 6) is 0.0943. The van der Waals surface area contributed by atoms with Crippen LogP contribution in [-0.4, -0.2) is 13.6 Å². The van der Waals surface area contributed by atoms with E-state index >= 15 is 0 Å². The Kier molecular flexibility index (Phi) is 2.36. The number of anilines is 1. The van der Waals surface area contributed by atoms with Crippen LogP contribution in [0, 0.1) is 0 Å². The monoisotopic (exact) mass is 150 g/mol. The predicted octanol–water partition coefficient (Wildman–Crippen LogP) is 2.29. The maximum atomic E-state index is 11.2. The van der Waals surface area contributed by atoms with E-state index in [0.717, 1.165) is 12.2 Å². The SMILES string of the molecule is CCN(C)c1ccccc1[O]. The van der Waals surface area contributed by atoms with Crippen molar-refractivity contribution in [2.45, 2.75) is 6.92 Å². The summed E-state index contributed by atoms with van der Waals surface area (Å²) in [5, 5.41) is 11.2. The predicted molar refractivity (Wildman–Crippen MR) is 45.5 cm³/mol. The maximum Gasteiger partial charge on any atom is 0.201 e. The second-order valence-corrected chi connectivity index (χ2v) is 2.48. The molecular formula is C9H12NO. The first kappa shape index (κ1) is 7.92. The van der Waals surface area contributed by atoms with Gasteiger partial charge in [0.05, 0.1) is 5.69 Å². The van der Waals surface area contributed by atoms with Gasteiger partial charge >= 0.3 is 0 Å². The third kappa shape index (κ3) is 1.64. The molecule has 0 heterocycles. The van der Waals surface area contributed by atoms with Crippen molar-refractivity contribution in [2.75, 3.05) is 18.5 Å². The molecule has 2 heteroatoms. The summed E-state index contributed by atoms with van der Waals surface area (Å²) in [6, 6.07) is 7.06. The molecule has 0 aliphatic heterocycles. The van der Waals surface area contributed by atoms with Crippen LogP contribution in [0.5, 0.6) is 5.75 Å². The van der Waals surface area contributed by atoms with E-state index in [0.29, 0.717) is 0 Å². The zero-order chi connectivity index (χ0) is 8.27. The molecule has 1 radical (unpaired) electrons. The summed E-state index contributed by atoms with van der Waals surface area (Å²) < 4.78 is 0. The molecule has 1 rings (SSSR count). The minimum Gasteiger partial charge on any atom is -0.372 e. The molecule has 1 aromatic carbocycles.